The molecule has 9 heteroatoms. The molecule has 0 saturated carbocycles. The Balaban J connectivity index is 2.21. The minimum atomic E-state index is -3.64. The summed E-state index contributed by atoms with van der Waals surface area (Å²) in [5.74, 6) is -0.164. The maximum Gasteiger partial charge on any atom is 0.289 e. The van der Waals surface area contributed by atoms with Crippen molar-refractivity contribution in [3.8, 4) is 0 Å². The molecular formula is C12H15ClN2O5S. The van der Waals surface area contributed by atoms with Crippen molar-refractivity contribution in [1.82, 2.24) is 0 Å². The molecule has 1 saturated heterocycles. The fourth-order valence-electron chi connectivity index (χ4n) is 2.14. The van der Waals surface area contributed by atoms with Crippen LogP contribution < -0.4 is 4.72 Å². The van der Waals surface area contributed by atoms with E-state index in [-0.39, 0.29) is 28.3 Å². The minimum Gasteiger partial charge on any atom is -0.377 e. The van der Waals surface area contributed by atoms with E-state index in [9.17, 15) is 18.5 Å². The highest BCUT2D eigenvalue weighted by molar-refractivity contribution is 7.92. The summed E-state index contributed by atoms with van der Waals surface area (Å²) in [6, 6.07) is 2.49. The lowest BCUT2D eigenvalue weighted by molar-refractivity contribution is -0.384. The average molecular weight is 335 g/mol. The Bertz CT molecular complexity index is 656. The molecule has 0 amide bonds. The van der Waals surface area contributed by atoms with Crippen molar-refractivity contribution in [3.63, 3.8) is 0 Å². The van der Waals surface area contributed by atoms with E-state index in [1.54, 1.807) is 6.92 Å². The highest BCUT2D eigenvalue weighted by Crippen LogP contribution is 2.31. The summed E-state index contributed by atoms with van der Waals surface area (Å²) in [4.78, 5) is 10.2. The Morgan fingerprint density at radius 3 is 2.81 bits per heavy atom. The molecule has 0 bridgehead atoms. The van der Waals surface area contributed by atoms with Crippen molar-refractivity contribution in [3.05, 3.63) is 32.8 Å². The van der Waals surface area contributed by atoms with Crippen molar-refractivity contribution in [2.24, 2.45) is 0 Å². The maximum absolute atomic E-state index is 12.1. The van der Waals surface area contributed by atoms with Crippen LogP contribution >= 0.6 is 11.6 Å². The third-order valence-electron chi connectivity index (χ3n) is 3.19. The molecule has 1 atom stereocenters. The smallest absolute Gasteiger partial charge is 0.289 e. The summed E-state index contributed by atoms with van der Waals surface area (Å²) in [6.07, 6.45) is 1.21. The quantitative estimate of drug-likeness (QED) is 0.658. The van der Waals surface area contributed by atoms with E-state index in [0.717, 1.165) is 12.5 Å². The number of anilines is 1. The summed E-state index contributed by atoms with van der Waals surface area (Å²) >= 11 is 5.77. The van der Waals surface area contributed by atoms with Crippen molar-refractivity contribution < 1.29 is 18.1 Å². The van der Waals surface area contributed by atoms with Crippen LogP contribution in [-0.2, 0) is 14.8 Å². The summed E-state index contributed by atoms with van der Waals surface area (Å²) in [7, 11) is -3.64. The highest BCUT2D eigenvalue weighted by atomic mass is 35.5. The van der Waals surface area contributed by atoms with E-state index in [4.69, 9.17) is 16.3 Å². The lowest BCUT2D eigenvalue weighted by Crippen LogP contribution is -2.26. The van der Waals surface area contributed by atoms with Gasteiger partial charge in [0.2, 0.25) is 10.0 Å². The summed E-state index contributed by atoms with van der Waals surface area (Å²) in [5.41, 5.74) is 0.336. The second-order valence-electron chi connectivity index (χ2n) is 4.89. The average Bonchev–Trinajstić information content (AvgIpc) is 2.84. The number of nitro groups is 1. The number of nitrogens with one attached hydrogen (secondary N) is 1. The van der Waals surface area contributed by atoms with E-state index < -0.39 is 14.9 Å². The topological polar surface area (TPSA) is 98.5 Å². The van der Waals surface area contributed by atoms with E-state index in [1.807, 2.05) is 0 Å². The molecule has 7 nitrogen and oxygen atoms in total. The Kier molecular flexibility index (Phi) is 4.70. The van der Waals surface area contributed by atoms with Crippen molar-refractivity contribution in [2.75, 3.05) is 17.1 Å². The van der Waals surface area contributed by atoms with Crippen molar-refractivity contribution in [1.29, 1.82) is 0 Å². The zero-order valence-electron chi connectivity index (χ0n) is 11.3. The molecule has 1 fully saturated rings. The lowest BCUT2D eigenvalue weighted by atomic mass is 10.2. The number of halogens is 1. The van der Waals surface area contributed by atoms with Gasteiger partial charge in [-0.25, -0.2) is 8.42 Å². The van der Waals surface area contributed by atoms with Crippen molar-refractivity contribution >= 4 is 33.0 Å². The number of benzene rings is 1. The molecule has 21 heavy (non-hydrogen) atoms. The molecule has 1 aliphatic rings. The van der Waals surface area contributed by atoms with Gasteiger partial charge in [0.25, 0.3) is 5.69 Å². The molecular weight excluding hydrogens is 320 g/mol. The molecule has 1 N–H and O–H groups in total. The van der Waals surface area contributed by atoms with Gasteiger partial charge in [0.15, 0.2) is 0 Å². The van der Waals surface area contributed by atoms with Crippen LogP contribution in [0.1, 0.15) is 18.4 Å². The first-order chi connectivity index (χ1) is 9.78. The molecule has 1 aromatic carbocycles. The number of ether oxygens (including phenoxy) is 1. The van der Waals surface area contributed by atoms with E-state index in [2.05, 4.69) is 4.72 Å². The zero-order valence-corrected chi connectivity index (χ0v) is 12.9. The molecule has 0 spiro atoms. The Morgan fingerprint density at radius 1 is 1.52 bits per heavy atom. The standard InChI is InChI=1S/C12H15ClN2O5S/c1-8-5-10(13)12(15(16)17)6-11(8)14-21(18,19)7-9-3-2-4-20-9/h5-6,9,14H,2-4,7H2,1H3/t9-/m0/s1. The highest BCUT2D eigenvalue weighted by Gasteiger charge is 2.25. The van der Waals surface area contributed by atoms with Gasteiger partial charge in [0.1, 0.15) is 5.02 Å². The number of sulfonamides is 1. The minimum absolute atomic E-state index is 0.0282. The number of hydrogen-bond acceptors (Lipinski definition) is 5. The zero-order chi connectivity index (χ0) is 15.6. The monoisotopic (exact) mass is 334 g/mol. The first-order valence-corrected chi connectivity index (χ1v) is 8.38. The molecule has 1 aromatic rings. The normalized spacial score (nSPS) is 18.7. The number of rotatable bonds is 5. The second kappa shape index (κ2) is 6.17. The molecule has 0 radical (unpaired) electrons. The Hall–Kier alpha value is -1.38. The number of nitrogens with zero attached hydrogens (tertiary/aromatic N) is 1. The first-order valence-electron chi connectivity index (χ1n) is 6.35. The SMILES string of the molecule is Cc1cc(Cl)c([N+](=O)[O-])cc1NS(=O)(=O)C[C@@H]1CCCO1. The van der Waals surface area contributed by atoms with Crippen LogP contribution in [0.3, 0.4) is 0 Å². The fraction of sp³-hybridized carbons (Fsp3) is 0.500. The van der Waals surface area contributed by atoms with Gasteiger partial charge in [0.05, 0.1) is 22.5 Å². The molecule has 2 rings (SSSR count). The van der Waals surface area contributed by atoms with Gasteiger partial charge in [-0.2, -0.15) is 0 Å². The molecule has 116 valence electrons. The first kappa shape index (κ1) is 16.0. The summed E-state index contributed by atoms with van der Waals surface area (Å²) in [5, 5.41) is 10.8. The van der Waals surface area contributed by atoms with Gasteiger partial charge in [-0.05, 0) is 31.4 Å². The predicted molar refractivity (Wildman–Crippen MR) is 79.2 cm³/mol. The van der Waals surface area contributed by atoms with Gasteiger partial charge in [-0.15, -0.1) is 0 Å². The largest absolute Gasteiger partial charge is 0.377 e. The van der Waals surface area contributed by atoms with E-state index >= 15 is 0 Å². The third kappa shape index (κ3) is 4.05. The predicted octanol–water partition coefficient (Wildman–Crippen LogP) is 2.48. The van der Waals surface area contributed by atoms with Gasteiger partial charge >= 0.3 is 0 Å². The third-order valence-corrected chi connectivity index (χ3v) is 4.83. The fourth-order valence-corrected chi connectivity index (χ4v) is 3.82. The second-order valence-corrected chi connectivity index (χ2v) is 7.07. The van der Waals surface area contributed by atoms with Crippen molar-refractivity contribution in [2.45, 2.75) is 25.9 Å². The Morgan fingerprint density at radius 2 is 2.24 bits per heavy atom. The number of nitro benzene ring substituents is 1. The lowest BCUT2D eigenvalue weighted by Gasteiger charge is -2.13. The van der Waals surface area contributed by atoms with Crippen LogP contribution in [0.5, 0.6) is 0 Å². The number of hydrogen-bond donors (Lipinski definition) is 1. The number of aryl methyl sites for hydroxylation is 1. The van der Waals surface area contributed by atoms with Crippen LogP contribution in [-0.4, -0.2) is 31.8 Å². The molecule has 0 aliphatic carbocycles. The summed E-state index contributed by atoms with van der Waals surface area (Å²) in [6.45, 7) is 2.19. The van der Waals surface area contributed by atoms with E-state index in [1.165, 1.54) is 6.07 Å². The van der Waals surface area contributed by atoms with Crippen LogP contribution in [0, 0.1) is 17.0 Å². The van der Waals surface area contributed by atoms with Gasteiger partial charge < -0.3 is 4.74 Å². The molecule has 1 aliphatic heterocycles. The van der Waals surface area contributed by atoms with E-state index in [0.29, 0.717) is 18.6 Å². The van der Waals surface area contributed by atoms with Gasteiger partial charge in [-0.1, -0.05) is 11.6 Å². The molecule has 0 aromatic heterocycles. The van der Waals surface area contributed by atoms with Gasteiger partial charge in [0, 0.05) is 12.7 Å². The molecule has 1 heterocycles. The van der Waals surface area contributed by atoms with Crippen LogP contribution in [0.25, 0.3) is 0 Å². The maximum atomic E-state index is 12.1. The molecule has 0 unspecified atom stereocenters. The van der Waals surface area contributed by atoms with Gasteiger partial charge in [-0.3, -0.25) is 14.8 Å². The summed E-state index contributed by atoms with van der Waals surface area (Å²) < 4.78 is 31.8. The van der Waals surface area contributed by atoms with Crippen LogP contribution in [0.15, 0.2) is 12.1 Å². The van der Waals surface area contributed by atoms with Crippen LogP contribution in [0.4, 0.5) is 11.4 Å². The van der Waals surface area contributed by atoms with Crippen LogP contribution in [0.2, 0.25) is 5.02 Å². The Labute approximate surface area is 127 Å².